The summed E-state index contributed by atoms with van der Waals surface area (Å²) in [5.41, 5.74) is 1.36. The molecule has 2 rings (SSSR count). The first-order valence-corrected chi connectivity index (χ1v) is 9.29. The second kappa shape index (κ2) is 12.7. The van der Waals surface area contributed by atoms with Crippen molar-refractivity contribution in [1.29, 1.82) is 0 Å². The van der Waals surface area contributed by atoms with E-state index in [-0.39, 0.29) is 24.0 Å². The summed E-state index contributed by atoms with van der Waals surface area (Å²) >= 11 is 0. The van der Waals surface area contributed by atoms with Crippen molar-refractivity contribution >= 4 is 10.9 Å². The molecule has 0 amide bonds. The van der Waals surface area contributed by atoms with E-state index in [4.69, 9.17) is 0 Å². The number of hydrogen-bond acceptors (Lipinski definition) is 0. The maximum absolute atomic E-state index is 2.40. The van der Waals surface area contributed by atoms with E-state index in [0.717, 1.165) is 6.54 Å². The van der Waals surface area contributed by atoms with Crippen LogP contribution in [0.1, 0.15) is 71.1 Å². The van der Waals surface area contributed by atoms with Gasteiger partial charge in [-0.15, -0.1) is 0 Å². The van der Waals surface area contributed by atoms with Gasteiger partial charge in [-0.1, -0.05) is 70.4 Å². The number of unbranched alkanes of at least 4 members (excludes halogenated alkanes) is 9. The summed E-state index contributed by atoms with van der Waals surface area (Å²) in [7, 11) is 0. The zero-order valence-corrected chi connectivity index (χ0v) is 16.8. The summed E-state index contributed by atoms with van der Waals surface area (Å²) in [6.07, 6.45) is 16.2. The predicted molar refractivity (Wildman–Crippen MR) is 96.0 cm³/mol. The van der Waals surface area contributed by atoms with Gasteiger partial charge >= 0.3 is 0 Å². The third-order valence-electron chi connectivity index (χ3n) is 4.54. The zero-order chi connectivity index (χ0) is 15.5. The molecular weight excluding hydrogens is 393 g/mol. The molecule has 0 aliphatic heterocycles. The van der Waals surface area contributed by atoms with Crippen LogP contribution in [0.2, 0.25) is 0 Å². The van der Waals surface area contributed by atoms with Crippen molar-refractivity contribution in [2.24, 2.45) is 0 Å². The maximum atomic E-state index is 2.40. The molecule has 2 heteroatoms. The van der Waals surface area contributed by atoms with Gasteiger partial charge in [0, 0.05) is 23.9 Å². The number of aryl methyl sites for hydroxylation is 1. The fourth-order valence-corrected chi connectivity index (χ4v) is 3.19. The van der Waals surface area contributed by atoms with Gasteiger partial charge in [-0.25, -0.2) is 0 Å². The van der Waals surface area contributed by atoms with E-state index in [1.807, 2.05) is 0 Å². The summed E-state index contributed by atoms with van der Waals surface area (Å²) in [4.78, 5) is 0. The van der Waals surface area contributed by atoms with Crippen molar-refractivity contribution < 1.29 is 28.5 Å². The maximum Gasteiger partial charge on any atom is 0.212 e. The smallest absolute Gasteiger partial charge is 0.212 e. The lowest BCUT2D eigenvalue weighted by atomic mass is 10.1. The van der Waals surface area contributed by atoms with Crippen LogP contribution < -0.4 is 28.5 Å². The summed E-state index contributed by atoms with van der Waals surface area (Å²) in [5.74, 6) is 0. The van der Waals surface area contributed by atoms with Crippen LogP contribution in [0.3, 0.4) is 0 Å². The van der Waals surface area contributed by atoms with Crippen LogP contribution in [0.15, 0.2) is 42.6 Å². The highest BCUT2D eigenvalue weighted by Gasteiger charge is 2.06. The van der Waals surface area contributed by atoms with Gasteiger partial charge in [0.05, 0.1) is 0 Å². The molecule has 0 bridgehead atoms. The van der Waals surface area contributed by atoms with Crippen LogP contribution in [0.25, 0.3) is 10.9 Å². The molecular formula is C21H32IN. The van der Waals surface area contributed by atoms with Gasteiger partial charge in [0.15, 0.2) is 6.20 Å². The fourth-order valence-electron chi connectivity index (χ4n) is 3.19. The van der Waals surface area contributed by atoms with Crippen LogP contribution in [0.4, 0.5) is 0 Å². The minimum absolute atomic E-state index is 0. The number of hydrogen-bond donors (Lipinski definition) is 0. The standard InChI is InChI=1S/C21H32N.HI/c1-2-3-4-5-6-7-8-9-10-13-18-22-19-14-16-20-15-11-12-17-21(20)22;/h11-12,14-17,19H,2-10,13,18H2,1H3;1H/q+1;/p-1. The highest BCUT2D eigenvalue weighted by Crippen LogP contribution is 2.11. The van der Waals surface area contributed by atoms with Gasteiger partial charge in [0.25, 0.3) is 0 Å². The van der Waals surface area contributed by atoms with Crippen molar-refractivity contribution in [1.82, 2.24) is 0 Å². The van der Waals surface area contributed by atoms with E-state index in [0.29, 0.717) is 0 Å². The minimum Gasteiger partial charge on any atom is -1.00 e. The molecule has 0 radical (unpaired) electrons. The molecule has 0 spiro atoms. The topological polar surface area (TPSA) is 3.88 Å². The Labute approximate surface area is 159 Å². The number of halogens is 1. The van der Waals surface area contributed by atoms with Crippen molar-refractivity contribution in [2.45, 2.75) is 77.7 Å². The van der Waals surface area contributed by atoms with Crippen LogP contribution in [0.5, 0.6) is 0 Å². The Hall–Kier alpha value is -0.640. The van der Waals surface area contributed by atoms with E-state index in [1.54, 1.807) is 0 Å². The van der Waals surface area contributed by atoms with Crippen molar-refractivity contribution in [3.63, 3.8) is 0 Å². The van der Waals surface area contributed by atoms with Crippen LogP contribution in [-0.2, 0) is 6.54 Å². The molecule has 128 valence electrons. The number of pyridine rings is 1. The molecule has 2 aromatic rings. The first-order chi connectivity index (χ1) is 10.9. The third-order valence-corrected chi connectivity index (χ3v) is 4.54. The molecule has 0 N–H and O–H groups in total. The van der Waals surface area contributed by atoms with Gasteiger partial charge in [-0.3, -0.25) is 0 Å². The fraction of sp³-hybridized carbons (Fsp3) is 0.571. The molecule has 0 unspecified atom stereocenters. The van der Waals surface area contributed by atoms with E-state index in [9.17, 15) is 0 Å². The lowest BCUT2D eigenvalue weighted by molar-refractivity contribution is -0.671. The zero-order valence-electron chi connectivity index (χ0n) is 14.6. The molecule has 0 aliphatic carbocycles. The lowest BCUT2D eigenvalue weighted by Gasteiger charge is -2.03. The van der Waals surface area contributed by atoms with Gasteiger partial charge < -0.3 is 24.0 Å². The quantitative estimate of drug-likeness (QED) is 0.296. The number of benzene rings is 1. The highest BCUT2D eigenvalue weighted by atomic mass is 127. The Bertz CT molecular complexity index is 533. The van der Waals surface area contributed by atoms with E-state index < -0.39 is 0 Å². The first kappa shape index (κ1) is 20.4. The molecule has 23 heavy (non-hydrogen) atoms. The largest absolute Gasteiger partial charge is 1.00 e. The summed E-state index contributed by atoms with van der Waals surface area (Å²) in [5, 5.41) is 1.34. The molecule has 1 heterocycles. The number of para-hydroxylation sites is 1. The Balaban J connectivity index is 0.00000264. The lowest BCUT2D eigenvalue weighted by Crippen LogP contribution is -3.00. The molecule has 1 nitrogen and oxygen atoms in total. The Morgan fingerprint density at radius 2 is 1.26 bits per heavy atom. The molecule has 1 aromatic carbocycles. The van der Waals surface area contributed by atoms with Gasteiger partial charge in [-0.2, -0.15) is 4.57 Å². The van der Waals surface area contributed by atoms with Gasteiger partial charge in [-0.05, 0) is 18.6 Å². The highest BCUT2D eigenvalue weighted by molar-refractivity contribution is 5.74. The SMILES string of the molecule is CCCCCCCCCCCC[n+]1cccc2ccccc21.[I-]. The average Bonchev–Trinajstić information content (AvgIpc) is 2.56. The summed E-state index contributed by atoms with van der Waals surface area (Å²) < 4.78 is 2.40. The molecule has 0 aliphatic rings. The second-order valence-corrected chi connectivity index (χ2v) is 6.44. The summed E-state index contributed by atoms with van der Waals surface area (Å²) in [6, 6.07) is 13.0. The van der Waals surface area contributed by atoms with Crippen LogP contribution in [0, 0.1) is 0 Å². The predicted octanol–water partition coefficient (Wildman–Crippen LogP) is 3.05. The number of nitrogens with zero attached hydrogens (tertiary/aromatic N) is 1. The van der Waals surface area contributed by atoms with Crippen LogP contribution >= 0.6 is 0 Å². The number of fused-ring (bicyclic) bond motifs is 1. The number of aromatic nitrogens is 1. The number of rotatable bonds is 11. The van der Waals surface area contributed by atoms with Crippen LogP contribution in [-0.4, -0.2) is 0 Å². The minimum atomic E-state index is 0. The van der Waals surface area contributed by atoms with Gasteiger partial charge in [0.1, 0.15) is 6.54 Å². The summed E-state index contributed by atoms with van der Waals surface area (Å²) in [6.45, 7) is 3.44. The van der Waals surface area contributed by atoms with E-state index in [2.05, 4.69) is 54.1 Å². The molecule has 0 atom stereocenters. The van der Waals surface area contributed by atoms with E-state index >= 15 is 0 Å². The Kier molecular flexibility index (Phi) is 11.3. The monoisotopic (exact) mass is 425 g/mol. The normalized spacial score (nSPS) is 10.7. The third kappa shape index (κ3) is 7.65. The molecule has 1 aromatic heterocycles. The average molecular weight is 425 g/mol. The Morgan fingerprint density at radius 1 is 0.696 bits per heavy atom. The van der Waals surface area contributed by atoms with Crippen molar-refractivity contribution in [3.05, 3.63) is 42.6 Å². The van der Waals surface area contributed by atoms with Gasteiger partial charge in [0.2, 0.25) is 5.52 Å². The first-order valence-electron chi connectivity index (χ1n) is 9.29. The second-order valence-electron chi connectivity index (χ2n) is 6.44. The van der Waals surface area contributed by atoms with E-state index in [1.165, 1.54) is 75.1 Å². The van der Waals surface area contributed by atoms with Crippen molar-refractivity contribution in [2.75, 3.05) is 0 Å². The molecule has 0 fully saturated rings. The van der Waals surface area contributed by atoms with Crippen molar-refractivity contribution in [3.8, 4) is 0 Å². The Morgan fingerprint density at radius 3 is 1.96 bits per heavy atom. The molecule has 0 saturated heterocycles. The molecule has 0 saturated carbocycles.